The second kappa shape index (κ2) is 10.00. The van der Waals surface area contributed by atoms with Gasteiger partial charge in [0.1, 0.15) is 0 Å². The van der Waals surface area contributed by atoms with Crippen LogP contribution in [0.2, 0.25) is 0 Å². The lowest BCUT2D eigenvalue weighted by Gasteiger charge is -2.20. The highest BCUT2D eigenvalue weighted by atomic mass is 32.2. The highest BCUT2D eigenvalue weighted by Gasteiger charge is 2.26. The van der Waals surface area contributed by atoms with E-state index in [-0.39, 0.29) is 12.5 Å². The van der Waals surface area contributed by atoms with Crippen molar-refractivity contribution in [3.05, 3.63) is 47.0 Å². The predicted octanol–water partition coefficient (Wildman–Crippen LogP) is 4.36. The van der Waals surface area contributed by atoms with Crippen LogP contribution < -0.4 is 23.1 Å². The summed E-state index contributed by atoms with van der Waals surface area (Å²) in [6.45, 7) is 0.0679. The van der Waals surface area contributed by atoms with Gasteiger partial charge in [0.05, 0.1) is 40.5 Å². The third kappa shape index (κ3) is 4.18. The van der Waals surface area contributed by atoms with E-state index in [9.17, 15) is 5.11 Å². The zero-order chi connectivity index (χ0) is 21.7. The minimum Gasteiger partial charge on any atom is -0.493 e. The zero-order valence-electron chi connectivity index (χ0n) is 18.0. The molecule has 0 heterocycles. The standard InChI is InChI=1S/C23H28O6S/c1-25-19-9-7-15(11-20(19)29-30-5)17-10-14(13-24)6-8-16-18(17)12-21(26-2)23(28-4)22(16)27-3/h7,9-12,14,24H,6,8,13H2,1-5H3/t14-/m1/s1. The molecule has 0 aliphatic heterocycles. The molecule has 0 fully saturated rings. The van der Waals surface area contributed by atoms with Crippen molar-refractivity contribution in [2.75, 3.05) is 41.3 Å². The molecule has 0 amide bonds. The van der Waals surface area contributed by atoms with Gasteiger partial charge in [-0.3, -0.25) is 0 Å². The molecule has 0 bridgehead atoms. The van der Waals surface area contributed by atoms with Crippen molar-refractivity contribution in [1.82, 2.24) is 0 Å². The molecule has 7 heteroatoms. The number of aliphatic hydroxyl groups excluding tert-OH is 1. The Morgan fingerprint density at radius 2 is 1.67 bits per heavy atom. The SMILES string of the molecule is COc1ccc(C2=C[C@H](CO)CCc3c2cc(OC)c(OC)c3OC)cc1OSC. The zero-order valence-corrected chi connectivity index (χ0v) is 18.8. The fourth-order valence-electron chi connectivity index (χ4n) is 3.84. The maximum Gasteiger partial charge on any atom is 0.203 e. The molecular formula is C23H28O6S. The molecule has 1 aliphatic carbocycles. The molecule has 162 valence electrons. The number of ether oxygens (including phenoxy) is 4. The molecule has 0 unspecified atom stereocenters. The normalized spacial score (nSPS) is 15.5. The van der Waals surface area contributed by atoms with E-state index < -0.39 is 0 Å². The van der Waals surface area contributed by atoms with Crippen molar-refractivity contribution in [3.8, 4) is 28.7 Å². The lowest BCUT2D eigenvalue weighted by molar-refractivity contribution is 0.246. The first-order valence-corrected chi connectivity index (χ1v) is 10.8. The molecule has 0 saturated carbocycles. The summed E-state index contributed by atoms with van der Waals surface area (Å²) in [6.07, 6.45) is 5.51. The number of hydrogen-bond donors (Lipinski definition) is 1. The average molecular weight is 433 g/mol. The van der Waals surface area contributed by atoms with Crippen molar-refractivity contribution in [2.45, 2.75) is 12.8 Å². The van der Waals surface area contributed by atoms with Gasteiger partial charge in [-0.1, -0.05) is 12.1 Å². The average Bonchev–Trinajstić information content (AvgIpc) is 2.97. The first kappa shape index (κ1) is 22.2. The van der Waals surface area contributed by atoms with Gasteiger partial charge in [-0.25, -0.2) is 0 Å². The lowest BCUT2D eigenvalue weighted by atomic mass is 9.92. The fourth-order valence-corrected chi connectivity index (χ4v) is 4.15. The van der Waals surface area contributed by atoms with E-state index in [1.807, 2.05) is 30.5 Å². The van der Waals surface area contributed by atoms with Crippen LogP contribution in [0.1, 0.15) is 23.1 Å². The van der Waals surface area contributed by atoms with E-state index in [1.165, 1.54) is 12.0 Å². The van der Waals surface area contributed by atoms with Gasteiger partial charge in [-0.2, -0.15) is 0 Å². The summed E-state index contributed by atoms with van der Waals surface area (Å²) in [7, 11) is 6.46. The number of benzene rings is 2. The van der Waals surface area contributed by atoms with Crippen LogP contribution in [0.25, 0.3) is 5.57 Å². The van der Waals surface area contributed by atoms with Gasteiger partial charge in [0, 0.05) is 24.3 Å². The molecular weight excluding hydrogens is 404 g/mol. The third-order valence-electron chi connectivity index (χ3n) is 5.27. The topological polar surface area (TPSA) is 66.4 Å². The number of rotatable bonds is 8. The van der Waals surface area contributed by atoms with Gasteiger partial charge in [0.2, 0.25) is 5.75 Å². The van der Waals surface area contributed by atoms with Gasteiger partial charge >= 0.3 is 0 Å². The highest BCUT2D eigenvalue weighted by Crippen LogP contribution is 2.47. The Labute approximate surface area is 182 Å². The summed E-state index contributed by atoms with van der Waals surface area (Å²) in [5, 5.41) is 9.94. The molecule has 2 aromatic carbocycles. The molecule has 0 saturated heterocycles. The van der Waals surface area contributed by atoms with Crippen molar-refractivity contribution in [3.63, 3.8) is 0 Å². The first-order chi connectivity index (χ1) is 14.6. The Hall–Kier alpha value is -2.51. The summed E-state index contributed by atoms with van der Waals surface area (Å²) in [6, 6.07) is 7.80. The minimum absolute atomic E-state index is 0.0149. The van der Waals surface area contributed by atoms with Crippen molar-refractivity contribution in [2.24, 2.45) is 5.92 Å². The number of fused-ring (bicyclic) bond motifs is 1. The van der Waals surface area contributed by atoms with Crippen molar-refractivity contribution < 1.29 is 28.2 Å². The van der Waals surface area contributed by atoms with Crippen LogP contribution >= 0.6 is 12.0 Å². The van der Waals surface area contributed by atoms with Gasteiger partial charge in [0.25, 0.3) is 0 Å². The molecule has 30 heavy (non-hydrogen) atoms. The molecule has 0 radical (unpaired) electrons. The van der Waals surface area contributed by atoms with Crippen LogP contribution in [0.15, 0.2) is 30.3 Å². The van der Waals surface area contributed by atoms with Crippen molar-refractivity contribution >= 4 is 17.6 Å². The quantitative estimate of drug-likeness (QED) is 0.622. The van der Waals surface area contributed by atoms with Crippen LogP contribution in [0.4, 0.5) is 0 Å². The molecule has 1 atom stereocenters. The van der Waals surface area contributed by atoms with Gasteiger partial charge in [-0.05, 0) is 47.7 Å². The number of hydrogen-bond acceptors (Lipinski definition) is 7. The van der Waals surface area contributed by atoms with Crippen molar-refractivity contribution in [1.29, 1.82) is 0 Å². The molecule has 1 N–H and O–H groups in total. The first-order valence-electron chi connectivity index (χ1n) is 9.65. The van der Waals surface area contributed by atoms with E-state index in [0.717, 1.165) is 35.1 Å². The number of aliphatic hydroxyl groups is 1. The van der Waals surface area contributed by atoms with Crippen LogP contribution in [0.3, 0.4) is 0 Å². The Bertz CT molecular complexity index is 924. The molecule has 2 aromatic rings. The number of methoxy groups -OCH3 is 4. The van der Waals surface area contributed by atoms with E-state index in [0.29, 0.717) is 28.7 Å². The second-order valence-corrected chi connectivity index (χ2v) is 7.35. The van der Waals surface area contributed by atoms with Crippen LogP contribution in [-0.4, -0.2) is 46.4 Å². The van der Waals surface area contributed by atoms with Gasteiger partial charge < -0.3 is 28.2 Å². The minimum atomic E-state index is 0.0149. The van der Waals surface area contributed by atoms with Crippen LogP contribution in [-0.2, 0) is 6.42 Å². The molecule has 0 aromatic heterocycles. The molecule has 3 rings (SSSR count). The highest BCUT2D eigenvalue weighted by molar-refractivity contribution is 7.94. The molecule has 6 nitrogen and oxygen atoms in total. The van der Waals surface area contributed by atoms with E-state index in [1.54, 1.807) is 28.4 Å². The van der Waals surface area contributed by atoms with Crippen LogP contribution in [0.5, 0.6) is 28.7 Å². The predicted molar refractivity (Wildman–Crippen MR) is 119 cm³/mol. The fraction of sp³-hybridized carbons (Fsp3) is 0.391. The Morgan fingerprint density at radius 1 is 0.933 bits per heavy atom. The van der Waals surface area contributed by atoms with Crippen LogP contribution in [0, 0.1) is 5.92 Å². The Balaban J connectivity index is 2.26. The van der Waals surface area contributed by atoms with E-state index >= 15 is 0 Å². The summed E-state index contributed by atoms with van der Waals surface area (Å²) in [5.74, 6) is 3.14. The summed E-state index contributed by atoms with van der Waals surface area (Å²) in [4.78, 5) is 0. The third-order valence-corrected chi connectivity index (χ3v) is 5.62. The van der Waals surface area contributed by atoms with E-state index in [2.05, 4.69) is 6.08 Å². The lowest BCUT2D eigenvalue weighted by Crippen LogP contribution is -2.04. The summed E-state index contributed by atoms with van der Waals surface area (Å²) in [5.41, 5.74) is 3.95. The smallest absolute Gasteiger partial charge is 0.203 e. The van der Waals surface area contributed by atoms with E-state index in [4.69, 9.17) is 23.1 Å². The summed E-state index contributed by atoms with van der Waals surface area (Å²) >= 11 is 1.26. The van der Waals surface area contributed by atoms with Gasteiger partial charge in [-0.15, -0.1) is 0 Å². The maximum absolute atomic E-state index is 9.94. The largest absolute Gasteiger partial charge is 0.493 e. The molecule has 1 aliphatic rings. The van der Waals surface area contributed by atoms with Gasteiger partial charge in [0.15, 0.2) is 23.0 Å². The monoisotopic (exact) mass is 432 g/mol. The molecule has 0 spiro atoms. The second-order valence-electron chi connectivity index (χ2n) is 6.85. The maximum atomic E-state index is 9.94. The Kier molecular flexibility index (Phi) is 7.39. The Morgan fingerprint density at radius 3 is 2.27 bits per heavy atom. The summed E-state index contributed by atoms with van der Waals surface area (Å²) < 4.78 is 28.0.